The lowest BCUT2D eigenvalue weighted by Gasteiger charge is -2.02. The van der Waals surface area contributed by atoms with E-state index in [1.807, 2.05) is 12.1 Å². The summed E-state index contributed by atoms with van der Waals surface area (Å²) < 4.78 is 1.24. The van der Waals surface area contributed by atoms with Crippen LogP contribution in [0, 0.1) is 5.41 Å². The normalized spacial score (nSPS) is 19.5. The SMILES string of the molecule is CSc1sc(C(=N)N)cc1C1NN1CCc1ccccc1.Cl. The zero-order valence-electron chi connectivity index (χ0n) is 12.2. The average Bonchev–Trinajstić information content (AvgIpc) is 3.14. The van der Waals surface area contributed by atoms with E-state index in [9.17, 15) is 0 Å². The van der Waals surface area contributed by atoms with Gasteiger partial charge in [0.15, 0.2) is 0 Å². The van der Waals surface area contributed by atoms with E-state index in [0.29, 0.717) is 0 Å². The van der Waals surface area contributed by atoms with Crippen LogP contribution >= 0.6 is 35.5 Å². The first kappa shape index (κ1) is 17.3. The van der Waals surface area contributed by atoms with Gasteiger partial charge >= 0.3 is 0 Å². The van der Waals surface area contributed by atoms with Crippen LogP contribution in [-0.4, -0.2) is 23.6 Å². The molecule has 1 aromatic heterocycles. The van der Waals surface area contributed by atoms with Crippen molar-refractivity contribution in [1.29, 1.82) is 5.41 Å². The first-order valence-corrected chi connectivity index (χ1v) is 8.82. The van der Waals surface area contributed by atoms with Crippen molar-refractivity contribution < 1.29 is 0 Å². The zero-order valence-corrected chi connectivity index (χ0v) is 14.7. The third-order valence-electron chi connectivity index (χ3n) is 3.49. The average molecular weight is 355 g/mol. The summed E-state index contributed by atoms with van der Waals surface area (Å²) in [6.07, 6.45) is 3.36. The molecule has 0 aliphatic carbocycles. The third kappa shape index (κ3) is 3.83. The van der Waals surface area contributed by atoms with Crippen molar-refractivity contribution >= 4 is 41.3 Å². The fraction of sp³-hybridized carbons (Fsp3) is 0.267. The second-order valence-corrected chi connectivity index (χ2v) is 7.06. The molecule has 118 valence electrons. The molecule has 0 bridgehead atoms. The Kier molecular flexibility index (Phi) is 5.88. The van der Waals surface area contributed by atoms with E-state index in [1.165, 1.54) is 15.3 Å². The van der Waals surface area contributed by atoms with Gasteiger partial charge in [-0.05, 0) is 24.3 Å². The van der Waals surface area contributed by atoms with Gasteiger partial charge < -0.3 is 5.73 Å². The van der Waals surface area contributed by atoms with Gasteiger partial charge in [0, 0.05) is 12.1 Å². The van der Waals surface area contributed by atoms with Gasteiger partial charge in [0.25, 0.3) is 0 Å². The number of hydrazine groups is 1. The Morgan fingerprint density at radius 1 is 1.41 bits per heavy atom. The highest BCUT2D eigenvalue weighted by Gasteiger charge is 2.37. The molecule has 4 N–H and O–H groups in total. The highest BCUT2D eigenvalue weighted by molar-refractivity contribution is 8.00. The van der Waals surface area contributed by atoms with E-state index in [-0.39, 0.29) is 24.4 Å². The third-order valence-corrected chi connectivity index (χ3v) is 5.82. The van der Waals surface area contributed by atoms with Crippen LogP contribution in [-0.2, 0) is 6.42 Å². The number of nitrogens with one attached hydrogen (secondary N) is 2. The van der Waals surface area contributed by atoms with E-state index in [0.717, 1.165) is 17.8 Å². The number of halogens is 1. The van der Waals surface area contributed by atoms with Crippen LogP contribution in [0.15, 0.2) is 40.6 Å². The lowest BCUT2D eigenvalue weighted by Crippen LogP contribution is -2.08. The van der Waals surface area contributed by atoms with Gasteiger partial charge in [-0.1, -0.05) is 30.3 Å². The zero-order chi connectivity index (χ0) is 14.8. The molecular formula is C15H19ClN4S2. The van der Waals surface area contributed by atoms with Crippen molar-refractivity contribution in [2.45, 2.75) is 16.8 Å². The van der Waals surface area contributed by atoms with Gasteiger partial charge in [-0.2, -0.15) is 0 Å². The summed E-state index contributed by atoms with van der Waals surface area (Å²) in [5.41, 5.74) is 11.6. The molecule has 0 saturated carbocycles. The highest BCUT2D eigenvalue weighted by atomic mass is 35.5. The molecule has 0 amide bonds. The van der Waals surface area contributed by atoms with Crippen molar-refractivity contribution in [3.05, 3.63) is 52.4 Å². The van der Waals surface area contributed by atoms with Gasteiger partial charge in [-0.15, -0.1) is 35.5 Å². The summed E-state index contributed by atoms with van der Waals surface area (Å²) in [6.45, 7) is 0.980. The van der Waals surface area contributed by atoms with Crippen LogP contribution < -0.4 is 11.2 Å². The maximum absolute atomic E-state index is 7.57. The summed E-state index contributed by atoms with van der Waals surface area (Å²) >= 11 is 3.32. The molecule has 3 rings (SSSR count). The maximum atomic E-state index is 7.57. The van der Waals surface area contributed by atoms with Crippen LogP contribution in [0.2, 0.25) is 0 Å². The number of amidine groups is 1. The Bertz CT molecular complexity index is 644. The lowest BCUT2D eigenvalue weighted by atomic mass is 10.1. The number of nitrogens with zero attached hydrogens (tertiary/aromatic N) is 1. The number of hydrogen-bond donors (Lipinski definition) is 3. The van der Waals surface area contributed by atoms with Crippen molar-refractivity contribution in [2.75, 3.05) is 12.8 Å². The fourth-order valence-corrected chi connectivity index (χ4v) is 4.11. The molecule has 1 fully saturated rings. The Morgan fingerprint density at radius 3 is 2.77 bits per heavy atom. The van der Waals surface area contributed by atoms with Crippen LogP contribution in [0.1, 0.15) is 22.2 Å². The van der Waals surface area contributed by atoms with Crippen molar-refractivity contribution in [3.8, 4) is 0 Å². The van der Waals surface area contributed by atoms with Crippen LogP contribution in [0.4, 0.5) is 0 Å². The molecule has 1 aromatic carbocycles. The van der Waals surface area contributed by atoms with E-state index < -0.39 is 0 Å². The molecule has 4 nitrogen and oxygen atoms in total. The largest absolute Gasteiger partial charge is 0.383 e. The number of nitrogens with two attached hydrogens (primary N) is 1. The molecular weight excluding hydrogens is 336 g/mol. The van der Waals surface area contributed by atoms with Gasteiger partial charge in [-0.25, -0.2) is 10.4 Å². The van der Waals surface area contributed by atoms with Crippen LogP contribution in [0.25, 0.3) is 0 Å². The summed E-state index contributed by atoms with van der Waals surface area (Å²) in [6, 6.07) is 12.5. The second-order valence-electron chi connectivity index (χ2n) is 4.93. The van der Waals surface area contributed by atoms with E-state index >= 15 is 0 Å². The number of benzene rings is 1. The Hall–Kier alpha value is -1.05. The second kappa shape index (κ2) is 7.48. The fourth-order valence-electron chi connectivity index (χ4n) is 2.32. The Balaban J connectivity index is 0.00000176. The predicted molar refractivity (Wildman–Crippen MR) is 97.1 cm³/mol. The minimum absolute atomic E-state index is 0. The summed E-state index contributed by atoms with van der Waals surface area (Å²) in [7, 11) is 0. The van der Waals surface area contributed by atoms with Crippen molar-refractivity contribution in [1.82, 2.24) is 10.4 Å². The van der Waals surface area contributed by atoms with E-state index in [1.54, 1.807) is 23.1 Å². The van der Waals surface area contributed by atoms with E-state index in [4.69, 9.17) is 11.1 Å². The van der Waals surface area contributed by atoms with Gasteiger partial charge in [0.2, 0.25) is 0 Å². The van der Waals surface area contributed by atoms with Crippen molar-refractivity contribution in [2.24, 2.45) is 5.73 Å². The van der Waals surface area contributed by atoms with Gasteiger partial charge in [-0.3, -0.25) is 5.41 Å². The molecule has 2 atom stereocenters. The van der Waals surface area contributed by atoms with Crippen molar-refractivity contribution in [3.63, 3.8) is 0 Å². The number of thiophene rings is 1. The summed E-state index contributed by atoms with van der Waals surface area (Å²) in [5, 5.41) is 9.81. The minimum atomic E-state index is 0. The van der Waals surface area contributed by atoms with E-state index in [2.05, 4.69) is 41.0 Å². The van der Waals surface area contributed by atoms with Crippen LogP contribution in [0.5, 0.6) is 0 Å². The number of nitrogen functional groups attached to an aromatic ring is 1. The Morgan fingerprint density at radius 2 is 2.14 bits per heavy atom. The molecule has 1 aliphatic rings. The minimum Gasteiger partial charge on any atom is -0.383 e. The summed E-state index contributed by atoms with van der Waals surface area (Å²) in [4.78, 5) is 0.853. The predicted octanol–water partition coefficient (Wildman–Crippen LogP) is 3.24. The van der Waals surface area contributed by atoms with Gasteiger partial charge in [0.1, 0.15) is 12.0 Å². The number of thioether (sulfide) groups is 1. The first-order valence-electron chi connectivity index (χ1n) is 6.78. The maximum Gasteiger partial charge on any atom is 0.133 e. The summed E-state index contributed by atoms with van der Waals surface area (Å²) in [5.74, 6) is 0.151. The molecule has 2 heterocycles. The van der Waals surface area contributed by atoms with Gasteiger partial charge in [0.05, 0.1) is 9.09 Å². The smallest absolute Gasteiger partial charge is 0.133 e. The molecule has 7 heteroatoms. The molecule has 1 aliphatic heterocycles. The molecule has 22 heavy (non-hydrogen) atoms. The molecule has 1 saturated heterocycles. The molecule has 2 unspecified atom stereocenters. The lowest BCUT2D eigenvalue weighted by molar-refractivity contribution is 0.487. The number of hydrogen-bond acceptors (Lipinski definition) is 5. The topological polar surface area (TPSA) is 74.8 Å². The Labute approximate surface area is 145 Å². The first-order chi connectivity index (χ1) is 10.2. The standard InChI is InChI=1S/C15H18N4S2.ClH/c1-20-15-11(9-12(21-15)13(16)17)14-18-19(14)8-7-10-5-3-2-4-6-10;/h2-6,9,14,18H,7-8H2,1H3,(H3,16,17);1H. The molecule has 0 spiro atoms. The molecule has 0 radical (unpaired) electrons. The quantitative estimate of drug-likeness (QED) is 0.322. The number of rotatable bonds is 6. The van der Waals surface area contributed by atoms with Crippen LogP contribution in [0.3, 0.4) is 0 Å². The molecule has 2 aromatic rings. The monoisotopic (exact) mass is 354 g/mol. The highest BCUT2D eigenvalue weighted by Crippen LogP contribution is 2.40.